The third-order valence-corrected chi connectivity index (χ3v) is 7.12. The third kappa shape index (κ3) is 3.63. The molecule has 2 aromatic heterocycles. The first-order chi connectivity index (χ1) is 17.0. The normalized spacial score (nSPS) is 16.1. The summed E-state index contributed by atoms with van der Waals surface area (Å²) in [6.45, 7) is 1.94. The minimum Gasteiger partial charge on any atom is -0.397 e. The van der Waals surface area contributed by atoms with Crippen LogP contribution >= 0.6 is 0 Å². The maximum absolute atomic E-state index is 13.6. The van der Waals surface area contributed by atoms with E-state index in [4.69, 9.17) is 5.73 Å². The second-order valence-corrected chi connectivity index (χ2v) is 9.14. The van der Waals surface area contributed by atoms with E-state index >= 15 is 0 Å². The lowest BCUT2D eigenvalue weighted by atomic mass is 10.0. The number of benzene rings is 2. The van der Waals surface area contributed by atoms with Crippen LogP contribution in [0.3, 0.4) is 0 Å². The average Bonchev–Trinajstić information content (AvgIpc) is 3.43. The highest BCUT2D eigenvalue weighted by Gasteiger charge is 2.28. The van der Waals surface area contributed by atoms with Crippen LogP contribution in [-0.4, -0.2) is 40.1 Å². The predicted octanol–water partition coefficient (Wildman–Crippen LogP) is 3.49. The second-order valence-electron chi connectivity index (χ2n) is 9.14. The minimum absolute atomic E-state index is 0.0595. The van der Waals surface area contributed by atoms with Gasteiger partial charge in [0.15, 0.2) is 5.65 Å². The number of rotatable bonds is 3. The molecule has 0 aliphatic carbocycles. The van der Waals surface area contributed by atoms with Crippen LogP contribution in [0.4, 0.5) is 21.5 Å². The van der Waals surface area contributed by atoms with Crippen LogP contribution in [0.25, 0.3) is 11.2 Å². The molecule has 35 heavy (non-hydrogen) atoms. The fourth-order valence-electron chi connectivity index (χ4n) is 5.37. The van der Waals surface area contributed by atoms with Crippen molar-refractivity contribution in [1.29, 1.82) is 0 Å². The molecule has 0 spiro atoms. The van der Waals surface area contributed by atoms with Gasteiger partial charge in [0.2, 0.25) is 0 Å². The van der Waals surface area contributed by atoms with Gasteiger partial charge in [0, 0.05) is 43.1 Å². The highest BCUT2D eigenvalue weighted by molar-refractivity contribution is 6.08. The van der Waals surface area contributed by atoms with Crippen molar-refractivity contribution in [2.24, 2.45) is 0 Å². The number of hydrogen-bond acceptors (Lipinski definition) is 5. The monoisotopic (exact) mass is 472 g/mol. The van der Waals surface area contributed by atoms with Crippen LogP contribution in [-0.2, 0) is 6.42 Å². The standard InChI is InChI=1S/C26H25FN6O2/c27-18-4-6-21-16(14-18)7-13-32(21)25(34)17-3-5-20(28)23(15-17)31-11-8-19(9-12-31)33-22-2-1-10-29-24(22)30-26(33)35/h1-6,10,14-15,19H,7-9,11-13,28H2,(H,29,30,35). The summed E-state index contributed by atoms with van der Waals surface area (Å²) in [4.78, 5) is 36.9. The van der Waals surface area contributed by atoms with Crippen molar-refractivity contribution in [3.05, 3.63) is 82.2 Å². The number of fused-ring (bicyclic) bond motifs is 2. The summed E-state index contributed by atoms with van der Waals surface area (Å²) in [5.41, 5.74) is 11.2. The molecule has 0 atom stereocenters. The number of halogens is 1. The summed E-state index contributed by atoms with van der Waals surface area (Å²) in [6, 6.07) is 13.7. The van der Waals surface area contributed by atoms with Crippen LogP contribution < -0.4 is 21.2 Å². The first-order valence-corrected chi connectivity index (χ1v) is 11.8. The van der Waals surface area contributed by atoms with Gasteiger partial charge < -0.3 is 15.5 Å². The molecule has 6 rings (SSSR count). The molecule has 0 bridgehead atoms. The van der Waals surface area contributed by atoms with E-state index in [0.717, 1.165) is 35.3 Å². The minimum atomic E-state index is -0.289. The molecular formula is C26H25FN6O2. The van der Waals surface area contributed by atoms with Crippen molar-refractivity contribution in [3.8, 4) is 0 Å². The summed E-state index contributed by atoms with van der Waals surface area (Å²) in [5, 5.41) is 0. The fourth-order valence-corrected chi connectivity index (χ4v) is 5.37. The largest absolute Gasteiger partial charge is 0.397 e. The SMILES string of the molecule is Nc1ccc(C(=O)N2CCc3cc(F)ccc32)cc1N1CCC(n2c(=O)[nH]c3ncccc32)CC1. The smallest absolute Gasteiger partial charge is 0.327 e. The Morgan fingerprint density at radius 1 is 1.06 bits per heavy atom. The van der Waals surface area contributed by atoms with E-state index in [9.17, 15) is 14.0 Å². The molecule has 1 amide bonds. The second kappa shape index (κ2) is 8.26. The number of anilines is 3. The van der Waals surface area contributed by atoms with E-state index < -0.39 is 0 Å². The van der Waals surface area contributed by atoms with Crippen molar-refractivity contribution in [3.63, 3.8) is 0 Å². The van der Waals surface area contributed by atoms with Gasteiger partial charge in [-0.25, -0.2) is 14.2 Å². The predicted molar refractivity (Wildman–Crippen MR) is 133 cm³/mol. The van der Waals surface area contributed by atoms with E-state index in [0.29, 0.717) is 43.0 Å². The maximum atomic E-state index is 13.6. The molecule has 0 unspecified atom stereocenters. The Hall–Kier alpha value is -4.14. The number of nitrogens with two attached hydrogens (primary N) is 1. The zero-order valence-corrected chi connectivity index (χ0v) is 19.1. The number of nitrogen functional groups attached to an aromatic ring is 1. The number of carbonyl (C=O) groups is 1. The average molecular weight is 473 g/mol. The van der Waals surface area contributed by atoms with Gasteiger partial charge in [0.05, 0.1) is 16.9 Å². The van der Waals surface area contributed by atoms with Crippen LogP contribution in [0, 0.1) is 5.82 Å². The first kappa shape index (κ1) is 21.4. The molecular weight excluding hydrogens is 447 g/mol. The quantitative estimate of drug-likeness (QED) is 0.445. The summed E-state index contributed by atoms with van der Waals surface area (Å²) >= 11 is 0. The van der Waals surface area contributed by atoms with Gasteiger partial charge in [-0.05, 0) is 73.4 Å². The highest BCUT2D eigenvalue weighted by atomic mass is 19.1. The van der Waals surface area contributed by atoms with E-state index in [1.807, 2.05) is 18.2 Å². The molecule has 0 radical (unpaired) electrons. The van der Waals surface area contributed by atoms with Crippen LogP contribution in [0.5, 0.6) is 0 Å². The lowest BCUT2D eigenvalue weighted by Gasteiger charge is -2.35. The Morgan fingerprint density at radius 3 is 2.71 bits per heavy atom. The topological polar surface area (TPSA) is 100 Å². The van der Waals surface area contributed by atoms with E-state index in [-0.39, 0.29) is 23.5 Å². The van der Waals surface area contributed by atoms with Crippen molar-refractivity contribution in [2.45, 2.75) is 25.3 Å². The number of nitrogens with zero attached hydrogens (tertiary/aromatic N) is 4. The van der Waals surface area contributed by atoms with Crippen molar-refractivity contribution < 1.29 is 9.18 Å². The molecule has 0 saturated carbocycles. The molecule has 3 N–H and O–H groups in total. The number of amides is 1. The van der Waals surface area contributed by atoms with E-state index in [2.05, 4.69) is 14.9 Å². The molecule has 9 heteroatoms. The lowest BCUT2D eigenvalue weighted by Crippen LogP contribution is -2.37. The van der Waals surface area contributed by atoms with Gasteiger partial charge in [0.25, 0.3) is 5.91 Å². The molecule has 2 aromatic carbocycles. The Bertz CT molecular complexity index is 1500. The van der Waals surface area contributed by atoms with Gasteiger partial charge in [-0.1, -0.05) is 0 Å². The third-order valence-electron chi connectivity index (χ3n) is 7.12. The molecule has 4 heterocycles. The van der Waals surface area contributed by atoms with Crippen LogP contribution in [0.2, 0.25) is 0 Å². The molecule has 2 aliphatic rings. The number of carbonyl (C=O) groups excluding carboxylic acids is 1. The van der Waals surface area contributed by atoms with Crippen LogP contribution in [0.15, 0.2) is 59.5 Å². The van der Waals surface area contributed by atoms with Crippen molar-refractivity contribution in [2.75, 3.05) is 35.2 Å². The number of aromatic amines is 1. The van der Waals surface area contributed by atoms with Gasteiger partial charge in [-0.3, -0.25) is 14.3 Å². The zero-order chi connectivity index (χ0) is 24.1. The number of imidazole rings is 1. The van der Waals surface area contributed by atoms with Gasteiger partial charge in [-0.2, -0.15) is 0 Å². The van der Waals surface area contributed by atoms with E-state index in [1.165, 1.54) is 12.1 Å². The Balaban J connectivity index is 1.22. The number of pyridine rings is 1. The Kier molecular flexibility index (Phi) is 5.05. The first-order valence-electron chi connectivity index (χ1n) is 11.8. The fraction of sp³-hybridized carbons (Fsp3) is 0.269. The molecule has 2 aliphatic heterocycles. The maximum Gasteiger partial charge on any atom is 0.327 e. The highest BCUT2D eigenvalue weighted by Crippen LogP contribution is 2.34. The van der Waals surface area contributed by atoms with Gasteiger partial charge >= 0.3 is 5.69 Å². The van der Waals surface area contributed by atoms with E-state index in [1.54, 1.807) is 33.9 Å². The Morgan fingerprint density at radius 2 is 1.89 bits per heavy atom. The Labute approximate surface area is 200 Å². The van der Waals surface area contributed by atoms with Crippen LogP contribution in [0.1, 0.15) is 34.8 Å². The summed E-state index contributed by atoms with van der Waals surface area (Å²) in [6.07, 6.45) is 3.84. The van der Waals surface area contributed by atoms with Gasteiger partial charge in [-0.15, -0.1) is 0 Å². The number of hydrogen-bond donors (Lipinski definition) is 2. The number of H-pyrrole nitrogens is 1. The van der Waals surface area contributed by atoms with Crippen molar-refractivity contribution >= 4 is 34.1 Å². The summed E-state index contributed by atoms with van der Waals surface area (Å²) < 4.78 is 15.4. The number of nitrogens with one attached hydrogen (secondary N) is 1. The molecule has 8 nitrogen and oxygen atoms in total. The number of piperidine rings is 1. The molecule has 178 valence electrons. The van der Waals surface area contributed by atoms with Crippen molar-refractivity contribution in [1.82, 2.24) is 14.5 Å². The zero-order valence-electron chi connectivity index (χ0n) is 19.1. The summed E-state index contributed by atoms with van der Waals surface area (Å²) in [7, 11) is 0. The van der Waals surface area contributed by atoms with Gasteiger partial charge in [0.1, 0.15) is 5.82 Å². The summed E-state index contributed by atoms with van der Waals surface area (Å²) in [5.74, 6) is -0.410. The molecule has 1 fully saturated rings. The lowest BCUT2D eigenvalue weighted by molar-refractivity contribution is 0.0989. The number of aromatic nitrogens is 3. The molecule has 1 saturated heterocycles. The molecule has 4 aromatic rings.